The number of halogens is 1. The lowest BCUT2D eigenvalue weighted by molar-refractivity contribution is 0.171. The van der Waals surface area contributed by atoms with Crippen LogP contribution in [0.2, 0.25) is 0 Å². The lowest BCUT2D eigenvalue weighted by Gasteiger charge is -2.42. The number of hydrogen-bond acceptors (Lipinski definition) is 3. The minimum Gasteiger partial charge on any atom is -0.207 e. The molecule has 1 fully saturated rings. The van der Waals surface area contributed by atoms with Crippen LogP contribution in [0.5, 0.6) is 0 Å². The quantitative estimate of drug-likeness (QED) is 0.854. The maximum atomic E-state index is 13.1. The van der Waals surface area contributed by atoms with Crippen molar-refractivity contribution >= 4 is 10.0 Å². The van der Waals surface area contributed by atoms with Crippen molar-refractivity contribution in [3.05, 3.63) is 29.6 Å². The summed E-state index contributed by atoms with van der Waals surface area (Å²) in [6.45, 7) is 1.55. The molecule has 1 aliphatic carbocycles. The fraction of sp³-hybridized carbons (Fsp3) is 0.462. The minimum atomic E-state index is -3.77. The molecule has 1 aromatic rings. The largest absolute Gasteiger partial charge is 0.244 e. The third kappa shape index (κ3) is 2.13. The highest BCUT2D eigenvalue weighted by atomic mass is 32.2. The number of nitriles is 1. The third-order valence-electron chi connectivity index (χ3n) is 3.77. The molecule has 0 bridgehead atoms. The van der Waals surface area contributed by atoms with E-state index in [1.807, 2.05) is 0 Å². The van der Waals surface area contributed by atoms with Crippen LogP contribution in [0, 0.1) is 24.1 Å². The highest BCUT2D eigenvalue weighted by Gasteiger charge is 2.47. The van der Waals surface area contributed by atoms with Crippen LogP contribution in [0.3, 0.4) is 0 Å². The summed E-state index contributed by atoms with van der Waals surface area (Å²) in [6.07, 6.45) is 1.93. The van der Waals surface area contributed by atoms with Gasteiger partial charge in [0.05, 0.1) is 11.0 Å². The molecule has 1 saturated carbocycles. The number of rotatable bonds is 3. The van der Waals surface area contributed by atoms with Gasteiger partial charge in [0.2, 0.25) is 10.0 Å². The molecule has 0 radical (unpaired) electrons. The summed E-state index contributed by atoms with van der Waals surface area (Å²) in [6, 6.07) is 5.64. The molecule has 1 aliphatic rings. The molecule has 0 N–H and O–H groups in total. The Morgan fingerprint density at radius 1 is 1.42 bits per heavy atom. The summed E-state index contributed by atoms with van der Waals surface area (Å²) in [5, 5.41) is 9.21. The van der Waals surface area contributed by atoms with Gasteiger partial charge in [-0.15, -0.1) is 0 Å². The van der Waals surface area contributed by atoms with Crippen LogP contribution in [0.1, 0.15) is 24.8 Å². The van der Waals surface area contributed by atoms with Crippen molar-refractivity contribution in [3.63, 3.8) is 0 Å². The monoisotopic (exact) mass is 282 g/mol. The van der Waals surface area contributed by atoms with Crippen molar-refractivity contribution in [3.8, 4) is 6.07 Å². The van der Waals surface area contributed by atoms with Gasteiger partial charge in [0.15, 0.2) is 0 Å². The molecule has 4 nitrogen and oxygen atoms in total. The van der Waals surface area contributed by atoms with Gasteiger partial charge in [-0.05, 0) is 49.9 Å². The molecular formula is C13H15FN2O2S. The Labute approximate surface area is 112 Å². The summed E-state index contributed by atoms with van der Waals surface area (Å²) in [5.41, 5.74) is -0.598. The summed E-state index contributed by atoms with van der Waals surface area (Å²) in [5.74, 6) is -0.474. The zero-order valence-electron chi connectivity index (χ0n) is 10.9. The van der Waals surface area contributed by atoms with Crippen molar-refractivity contribution in [2.24, 2.45) is 0 Å². The molecule has 1 aromatic carbocycles. The van der Waals surface area contributed by atoms with Crippen LogP contribution < -0.4 is 0 Å². The maximum absolute atomic E-state index is 13.1. The maximum Gasteiger partial charge on any atom is 0.244 e. The average molecular weight is 282 g/mol. The summed E-state index contributed by atoms with van der Waals surface area (Å²) in [4.78, 5) is 0.0536. The Morgan fingerprint density at radius 2 is 2.05 bits per heavy atom. The molecule has 0 aliphatic heterocycles. The highest BCUT2D eigenvalue weighted by molar-refractivity contribution is 7.89. The second-order valence-electron chi connectivity index (χ2n) is 4.88. The first-order valence-corrected chi connectivity index (χ1v) is 7.44. The van der Waals surface area contributed by atoms with E-state index in [0.29, 0.717) is 18.4 Å². The molecule has 0 aromatic heterocycles. The van der Waals surface area contributed by atoms with Crippen LogP contribution in [0.4, 0.5) is 4.39 Å². The first-order valence-electron chi connectivity index (χ1n) is 6.00. The van der Waals surface area contributed by atoms with Gasteiger partial charge in [0.1, 0.15) is 11.4 Å². The van der Waals surface area contributed by atoms with Crippen LogP contribution >= 0.6 is 0 Å². The minimum absolute atomic E-state index is 0.0536. The first-order chi connectivity index (χ1) is 8.83. The van der Waals surface area contributed by atoms with Gasteiger partial charge in [-0.1, -0.05) is 0 Å². The van der Waals surface area contributed by atoms with Crippen molar-refractivity contribution in [1.82, 2.24) is 4.31 Å². The molecule has 0 spiro atoms. The van der Waals surface area contributed by atoms with Crippen molar-refractivity contribution in [2.45, 2.75) is 36.6 Å². The number of sulfonamides is 1. The molecule has 19 heavy (non-hydrogen) atoms. The van der Waals surface area contributed by atoms with Gasteiger partial charge in [0, 0.05) is 7.05 Å². The smallest absolute Gasteiger partial charge is 0.207 e. The van der Waals surface area contributed by atoms with Gasteiger partial charge < -0.3 is 0 Å². The molecule has 0 unspecified atom stereocenters. The Hall–Kier alpha value is -1.45. The summed E-state index contributed by atoms with van der Waals surface area (Å²) < 4.78 is 39.2. The van der Waals surface area contributed by atoms with Crippen LogP contribution in [-0.2, 0) is 10.0 Å². The van der Waals surface area contributed by atoms with Gasteiger partial charge >= 0.3 is 0 Å². The molecular weight excluding hydrogens is 267 g/mol. The first kappa shape index (κ1) is 14.0. The van der Waals surface area contributed by atoms with Crippen molar-refractivity contribution < 1.29 is 12.8 Å². The molecule has 102 valence electrons. The zero-order valence-corrected chi connectivity index (χ0v) is 11.7. The molecule has 2 rings (SSSR count). The topological polar surface area (TPSA) is 61.2 Å². The van der Waals surface area contributed by atoms with E-state index in [1.165, 1.54) is 19.2 Å². The Morgan fingerprint density at radius 3 is 2.47 bits per heavy atom. The Kier molecular flexibility index (Phi) is 3.37. The zero-order chi connectivity index (χ0) is 14.3. The highest BCUT2D eigenvalue weighted by Crippen LogP contribution is 2.39. The number of aryl methyl sites for hydroxylation is 1. The predicted octanol–water partition coefficient (Wildman–Crippen LogP) is 2.20. The average Bonchev–Trinajstić information content (AvgIpc) is 2.27. The molecule has 6 heteroatoms. The molecule has 0 amide bonds. The lowest BCUT2D eigenvalue weighted by Crippen LogP contribution is -2.53. The van der Waals surface area contributed by atoms with E-state index < -0.39 is 21.4 Å². The normalized spacial score (nSPS) is 17.8. The fourth-order valence-electron chi connectivity index (χ4n) is 2.29. The van der Waals surface area contributed by atoms with E-state index in [2.05, 4.69) is 6.07 Å². The number of nitrogens with zero attached hydrogens (tertiary/aromatic N) is 2. The van der Waals surface area contributed by atoms with Crippen molar-refractivity contribution in [1.29, 1.82) is 5.26 Å². The second kappa shape index (κ2) is 4.58. The lowest BCUT2D eigenvalue weighted by atomic mass is 9.78. The predicted molar refractivity (Wildman–Crippen MR) is 68.3 cm³/mol. The van der Waals surface area contributed by atoms with E-state index in [0.717, 1.165) is 16.8 Å². The fourth-order valence-corrected chi connectivity index (χ4v) is 3.97. The molecule has 0 heterocycles. The van der Waals surface area contributed by atoms with Crippen LogP contribution in [0.25, 0.3) is 0 Å². The van der Waals surface area contributed by atoms with Gasteiger partial charge in [0.25, 0.3) is 0 Å². The van der Waals surface area contributed by atoms with E-state index in [1.54, 1.807) is 6.92 Å². The second-order valence-corrected chi connectivity index (χ2v) is 6.82. The summed E-state index contributed by atoms with van der Waals surface area (Å²) in [7, 11) is -2.36. The number of benzene rings is 1. The van der Waals surface area contributed by atoms with E-state index in [-0.39, 0.29) is 4.90 Å². The van der Waals surface area contributed by atoms with E-state index >= 15 is 0 Å². The molecule has 0 atom stereocenters. The van der Waals surface area contributed by atoms with Gasteiger partial charge in [-0.2, -0.15) is 9.57 Å². The van der Waals surface area contributed by atoms with Crippen LogP contribution in [-0.4, -0.2) is 25.3 Å². The molecule has 0 saturated heterocycles. The summed E-state index contributed by atoms with van der Waals surface area (Å²) >= 11 is 0. The third-order valence-corrected chi connectivity index (χ3v) is 5.85. The van der Waals surface area contributed by atoms with E-state index in [4.69, 9.17) is 0 Å². The van der Waals surface area contributed by atoms with Gasteiger partial charge in [-0.25, -0.2) is 12.8 Å². The van der Waals surface area contributed by atoms with Crippen molar-refractivity contribution in [2.75, 3.05) is 7.05 Å². The SMILES string of the molecule is Cc1cc(F)ccc1S(=O)(=O)N(C)C1(C#N)CCC1. The Balaban J connectivity index is 2.46. The van der Waals surface area contributed by atoms with E-state index in [9.17, 15) is 18.1 Å². The standard InChI is InChI=1S/C13H15FN2O2S/c1-10-8-11(14)4-5-12(10)19(17,18)16(2)13(9-15)6-3-7-13/h4-5,8H,3,6-7H2,1-2H3. The van der Waals surface area contributed by atoms with Gasteiger partial charge in [-0.3, -0.25) is 0 Å². The number of hydrogen-bond donors (Lipinski definition) is 0. The van der Waals surface area contributed by atoms with Crippen LogP contribution in [0.15, 0.2) is 23.1 Å². The Bertz CT molecular complexity index is 645.